The smallest absolute Gasteiger partial charge is 0.273 e. The molecule has 1 amide bonds. The second-order valence-corrected chi connectivity index (χ2v) is 8.25. The van der Waals surface area contributed by atoms with Crippen molar-refractivity contribution < 1.29 is 9.53 Å². The molecule has 152 valence electrons. The summed E-state index contributed by atoms with van der Waals surface area (Å²) in [5, 5.41) is 3.60. The number of ether oxygens (including phenoxy) is 1. The van der Waals surface area contributed by atoms with Crippen molar-refractivity contribution in [2.75, 3.05) is 30.4 Å². The summed E-state index contributed by atoms with van der Waals surface area (Å²) in [6, 6.07) is 7.13. The fraction of sp³-hybridized carbons (Fsp3) is 0.400. The van der Waals surface area contributed by atoms with Crippen molar-refractivity contribution in [3.8, 4) is 5.75 Å². The van der Waals surface area contributed by atoms with Crippen LogP contribution in [-0.2, 0) is 11.3 Å². The summed E-state index contributed by atoms with van der Waals surface area (Å²) in [5.41, 5.74) is 0.745. The van der Waals surface area contributed by atoms with E-state index in [0.717, 1.165) is 24.6 Å². The number of anilines is 2. The second kappa shape index (κ2) is 8.20. The monoisotopic (exact) mass is 413 g/mol. The van der Waals surface area contributed by atoms with Gasteiger partial charge < -0.3 is 15.0 Å². The van der Waals surface area contributed by atoms with Crippen LogP contribution in [0.3, 0.4) is 0 Å². The van der Waals surface area contributed by atoms with Gasteiger partial charge in [0.15, 0.2) is 10.8 Å². The van der Waals surface area contributed by atoms with E-state index in [1.165, 1.54) is 35.8 Å². The first-order valence-corrected chi connectivity index (χ1v) is 10.4. The van der Waals surface area contributed by atoms with Gasteiger partial charge in [-0.1, -0.05) is 30.4 Å². The zero-order chi connectivity index (χ0) is 20.4. The average molecular weight is 414 g/mol. The molecule has 0 saturated carbocycles. The van der Waals surface area contributed by atoms with Crippen LogP contribution in [0.5, 0.6) is 5.75 Å². The molecule has 2 aromatic heterocycles. The third-order valence-corrected chi connectivity index (χ3v) is 6.09. The molecule has 1 fully saturated rings. The number of benzene rings is 1. The number of methoxy groups -OCH3 is 1. The van der Waals surface area contributed by atoms with E-state index in [9.17, 15) is 9.59 Å². The molecule has 0 bridgehead atoms. The zero-order valence-electron chi connectivity index (χ0n) is 16.4. The van der Waals surface area contributed by atoms with Crippen LogP contribution in [-0.4, -0.2) is 40.6 Å². The van der Waals surface area contributed by atoms with E-state index < -0.39 is 0 Å². The topological polar surface area (TPSA) is 89.3 Å². The number of carbonyl (C=O) groups excluding carboxylic acids is 1. The minimum absolute atomic E-state index is 0.131. The van der Waals surface area contributed by atoms with Gasteiger partial charge in [0.05, 0.1) is 12.8 Å². The van der Waals surface area contributed by atoms with Gasteiger partial charge in [-0.25, -0.2) is 4.98 Å². The van der Waals surface area contributed by atoms with Crippen LogP contribution in [0.15, 0.2) is 35.4 Å². The SMILES string of the molecule is COc1ccccc1NC(=O)Cn1cnc2nc(N3CCC[C@@H](C)C3)sc2c1=O. The minimum atomic E-state index is -0.327. The van der Waals surface area contributed by atoms with Crippen LogP contribution in [0.1, 0.15) is 19.8 Å². The molecule has 0 unspecified atom stereocenters. The minimum Gasteiger partial charge on any atom is -0.495 e. The van der Waals surface area contributed by atoms with Crippen LogP contribution in [0.25, 0.3) is 10.3 Å². The Bertz CT molecular complexity index is 1090. The molecule has 4 rings (SSSR count). The molecule has 1 atom stereocenters. The number of hydrogen-bond acceptors (Lipinski definition) is 7. The van der Waals surface area contributed by atoms with Gasteiger partial charge in [0.2, 0.25) is 5.91 Å². The van der Waals surface area contributed by atoms with Crippen molar-refractivity contribution in [2.45, 2.75) is 26.3 Å². The Morgan fingerprint density at radius 3 is 3.00 bits per heavy atom. The number of carbonyl (C=O) groups is 1. The van der Waals surface area contributed by atoms with Crippen molar-refractivity contribution in [1.29, 1.82) is 0 Å². The number of nitrogens with zero attached hydrogens (tertiary/aromatic N) is 4. The molecular weight excluding hydrogens is 390 g/mol. The third-order valence-electron chi connectivity index (χ3n) is 5.00. The van der Waals surface area contributed by atoms with E-state index in [1.807, 2.05) is 6.07 Å². The van der Waals surface area contributed by atoms with E-state index in [2.05, 4.69) is 27.1 Å². The molecule has 1 saturated heterocycles. The van der Waals surface area contributed by atoms with Crippen LogP contribution in [0, 0.1) is 5.92 Å². The molecule has 0 aliphatic carbocycles. The molecule has 1 aromatic carbocycles. The fourth-order valence-corrected chi connectivity index (χ4v) is 4.54. The first kappa shape index (κ1) is 19.4. The summed E-state index contributed by atoms with van der Waals surface area (Å²) in [6.45, 7) is 3.98. The molecule has 29 heavy (non-hydrogen) atoms. The number of thiazole rings is 1. The van der Waals surface area contributed by atoms with Crippen LogP contribution < -0.4 is 20.5 Å². The van der Waals surface area contributed by atoms with E-state index in [1.54, 1.807) is 18.2 Å². The maximum Gasteiger partial charge on any atom is 0.273 e. The van der Waals surface area contributed by atoms with Crippen LogP contribution in [0.4, 0.5) is 10.8 Å². The molecule has 0 spiro atoms. The molecule has 3 heterocycles. The number of hydrogen-bond donors (Lipinski definition) is 1. The third kappa shape index (κ3) is 4.09. The summed E-state index contributed by atoms with van der Waals surface area (Å²) < 4.78 is 7.03. The number of para-hydroxylation sites is 2. The number of amides is 1. The summed E-state index contributed by atoms with van der Waals surface area (Å²) >= 11 is 1.35. The van der Waals surface area contributed by atoms with Gasteiger partial charge >= 0.3 is 0 Å². The van der Waals surface area contributed by atoms with Gasteiger partial charge in [0.1, 0.15) is 23.3 Å². The van der Waals surface area contributed by atoms with E-state index in [-0.39, 0.29) is 18.0 Å². The van der Waals surface area contributed by atoms with Crippen molar-refractivity contribution in [3.05, 3.63) is 40.9 Å². The summed E-state index contributed by atoms with van der Waals surface area (Å²) in [4.78, 5) is 36.4. The molecule has 1 N–H and O–H groups in total. The highest BCUT2D eigenvalue weighted by atomic mass is 32.1. The normalized spacial score (nSPS) is 16.8. The summed E-state index contributed by atoms with van der Waals surface area (Å²) in [7, 11) is 1.54. The summed E-state index contributed by atoms with van der Waals surface area (Å²) in [6.07, 6.45) is 3.72. The fourth-order valence-electron chi connectivity index (χ4n) is 3.54. The van der Waals surface area contributed by atoms with Gasteiger partial charge in [0, 0.05) is 13.1 Å². The van der Waals surface area contributed by atoms with Gasteiger partial charge in [-0.2, -0.15) is 4.98 Å². The predicted molar refractivity (Wildman–Crippen MR) is 114 cm³/mol. The largest absolute Gasteiger partial charge is 0.495 e. The lowest BCUT2D eigenvalue weighted by Gasteiger charge is -2.30. The number of fused-ring (bicyclic) bond motifs is 1. The lowest BCUT2D eigenvalue weighted by atomic mass is 10.0. The maximum absolute atomic E-state index is 12.9. The van der Waals surface area contributed by atoms with Crippen LogP contribution >= 0.6 is 11.3 Å². The standard InChI is InChI=1S/C20H23N5O3S/c1-13-6-5-9-24(10-13)20-23-18-17(29-20)19(27)25(12-21-18)11-16(26)22-14-7-3-4-8-15(14)28-2/h3-4,7-8,12-13H,5-6,9-11H2,1-2H3,(H,22,26)/t13-/m1/s1. The molecular formula is C20H23N5O3S. The predicted octanol–water partition coefficient (Wildman–Crippen LogP) is 2.74. The number of aromatic nitrogens is 3. The highest BCUT2D eigenvalue weighted by Crippen LogP contribution is 2.29. The average Bonchev–Trinajstić information content (AvgIpc) is 3.16. The van der Waals surface area contributed by atoms with E-state index in [4.69, 9.17) is 4.74 Å². The first-order valence-electron chi connectivity index (χ1n) is 9.59. The quantitative estimate of drug-likeness (QED) is 0.692. The van der Waals surface area contributed by atoms with Gasteiger partial charge in [-0.05, 0) is 30.9 Å². The van der Waals surface area contributed by atoms with Crippen molar-refractivity contribution in [2.24, 2.45) is 5.92 Å². The number of piperidine rings is 1. The molecule has 1 aliphatic heterocycles. The number of rotatable bonds is 5. The van der Waals surface area contributed by atoms with E-state index >= 15 is 0 Å². The van der Waals surface area contributed by atoms with Gasteiger partial charge in [-0.15, -0.1) is 0 Å². The maximum atomic E-state index is 12.9. The van der Waals surface area contributed by atoms with Crippen molar-refractivity contribution in [1.82, 2.24) is 14.5 Å². The van der Waals surface area contributed by atoms with Crippen molar-refractivity contribution in [3.63, 3.8) is 0 Å². The summed E-state index contributed by atoms with van der Waals surface area (Å²) in [5.74, 6) is 0.844. The lowest BCUT2D eigenvalue weighted by molar-refractivity contribution is -0.116. The molecule has 0 radical (unpaired) electrons. The van der Waals surface area contributed by atoms with E-state index in [0.29, 0.717) is 27.7 Å². The van der Waals surface area contributed by atoms with Gasteiger partial charge in [0.25, 0.3) is 5.56 Å². The Balaban J connectivity index is 1.54. The highest BCUT2D eigenvalue weighted by molar-refractivity contribution is 7.22. The lowest BCUT2D eigenvalue weighted by Crippen LogP contribution is -2.34. The molecule has 1 aliphatic rings. The molecule has 8 nitrogen and oxygen atoms in total. The zero-order valence-corrected chi connectivity index (χ0v) is 17.2. The molecule has 9 heteroatoms. The second-order valence-electron chi connectivity index (χ2n) is 7.27. The molecule has 3 aromatic rings. The highest BCUT2D eigenvalue weighted by Gasteiger charge is 2.21. The Labute approximate surface area is 172 Å². The Hall–Kier alpha value is -2.94. The Morgan fingerprint density at radius 2 is 2.21 bits per heavy atom. The number of nitrogens with one attached hydrogen (secondary N) is 1. The van der Waals surface area contributed by atoms with Crippen molar-refractivity contribution >= 4 is 38.4 Å². The Morgan fingerprint density at radius 1 is 1.38 bits per heavy atom. The first-order chi connectivity index (χ1) is 14.0. The van der Waals surface area contributed by atoms with Gasteiger partial charge in [-0.3, -0.25) is 14.2 Å². The van der Waals surface area contributed by atoms with Crippen LogP contribution in [0.2, 0.25) is 0 Å². The Kier molecular flexibility index (Phi) is 5.48.